The highest BCUT2D eigenvalue weighted by Gasteiger charge is 2.52. The Balaban J connectivity index is 1.66. The highest BCUT2D eigenvalue weighted by atomic mass is 16.5. The van der Waals surface area contributed by atoms with Crippen LogP contribution in [0.5, 0.6) is 0 Å². The van der Waals surface area contributed by atoms with Crippen LogP contribution in [0.4, 0.5) is 5.69 Å². The maximum atomic E-state index is 12.9. The van der Waals surface area contributed by atoms with Crippen molar-refractivity contribution in [3.8, 4) is 0 Å². The molecule has 116 valence electrons. The molecule has 2 amide bonds. The summed E-state index contributed by atoms with van der Waals surface area (Å²) in [6.45, 7) is 5.69. The molecule has 2 aliphatic heterocycles. The van der Waals surface area contributed by atoms with Crippen molar-refractivity contribution < 1.29 is 14.3 Å². The van der Waals surface area contributed by atoms with Crippen LogP contribution < -0.4 is 5.32 Å². The van der Waals surface area contributed by atoms with Gasteiger partial charge in [0.05, 0.1) is 24.2 Å². The van der Waals surface area contributed by atoms with Gasteiger partial charge in [0.1, 0.15) is 0 Å². The van der Waals surface area contributed by atoms with Crippen molar-refractivity contribution >= 4 is 17.5 Å². The van der Waals surface area contributed by atoms with E-state index in [0.29, 0.717) is 25.3 Å². The summed E-state index contributed by atoms with van der Waals surface area (Å²) in [5.41, 5.74) is 1.76. The fourth-order valence-electron chi connectivity index (χ4n) is 3.49. The molecular weight excluding hydrogens is 280 g/mol. The predicted octanol–water partition coefficient (Wildman–Crippen LogP) is 1.92. The van der Waals surface area contributed by atoms with Gasteiger partial charge in [-0.15, -0.1) is 0 Å². The van der Waals surface area contributed by atoms with Crippen LogP contribution in [0.1, 0.15) is 42.6 Å². The number of hydrogen-bond acceptors (Lipinski definition) is 3. The molecule has 1 spiro atoms. The summed E-state index contributed by atoms with van der Waals surface area (Å²) in [4.78, 5) is 26.8. The van der Waals surface area contributed by atoms with Crippen LogP contribution >= 0.6 is 0 Å². The van der Waals surface area contributed by atoms with Gasteiger partial charge in [-0.05, 0) is 44.4 Å². The van der Waals surface area contributed by atoms with Crippen LogP contribution in [0.2, 0.25) is 0 Å². The van der Waals surface area contributed by atoms with Crippen molar-refractivity contribution in [3.63, 3.8) is 0 Å². The molecular formula is C17H20N2O3. The first kappa shape index (κ1) is 13.8. The molecule has 1 N–H and O–H groups in total. The van der Waals surface area contributed by atoms with Crippen molar-refractivity contribution in [2.75, 3.05) is 25.1 Å². The Bertz CT molecular complexity index is 676. The van der Waals surface area contributed by atoms with Gasteiger partial charge in [-0.2, -0.15) is 0 Å². The van der Waals surface area contributed by atoms with Gasteiger partial charge in [-0.25, -0.2) is 0 Å². The second kappa shape index (κ2) is 4.32. The summed E-state index contributed by atoms with van der Waals surface area (Å²) in [7, 11) is 0. The quantitative estimate of drug-likeness (QED) is 0.862. The fourth-order valence-corrected chi connectivity index (χ4v) is 3.49. The number of fused-ring (bicyclic) bond motifs is 1. The van der Waals surface area contributed by atoms with Gasteiger partial charge >= 0.3 is 0 Å². The number of morpholine rings is 1. The molecule has 5 nitrogen and oxygen atoms in total. The monoisotopic (exact) mass is 300 g/mol. The van der Waals surface area contributed by atoms with Gasteiger partial charge in [0.25, 0.3) is 5.91 Å². The molecule has 1 saturated carbocycles. The Labute approximate surface area is 129 Å². The Morgan fingerprint density at radius 1 is 1.32 bits per heavy atom. The third-order valence-electron chi connectivity index (χ3n) is 5.23. The molecule has 0 aromatic heterocycles. The first-order valence-electron chi connectivity index (χ1n) is 7.80. The molecule has 4 rings (SSSR count). The molecule has 1 aromatic rings. The summed E-state index contributed by atoms with van der Waals surface area (Å²) in [5, 5.41) is 2.89. The number of benzene rings is 1. The zero-order chi connectivity index (χ0) is 15.5. The molecule has 1 aromatic carbocycles. The van der Waals surface area contributed by atoms with Crippen LogP contribution in [0, 0.1) is 0 Å². The average molecular weight is 300 g/mol. The lowest BCUT2D eigenvalue weighted by Crippen LogP contribution is -2.50. The van der Waals surface area contributed by atoms with Gasteiger partial charge in [0, 0.05) is 17.8 Å². The number of amides is 2. The predicted molar refractivity (Wildman–Crippen MR) is 81.9 cm³/mol. The van der Waals surface area contributed by atoms with Gasteiger partial charge in [-0.3, -0.25) is 9.59 Å². The summed E-state index contributed by atoms with van der Waals surface area (Å²) in [6, 6.07) is 5.56. The van der Waals surface area contributed by atoms with Gasteiger partial charge in [0.15, 0.2) is 0 Å². The first-order valence-corrected chi connectivity index (χ1v) is 7.80. The number of nitrogens with zero attached hydrogens (tertiary/aromatic N) is 1. The molecule has 0 radical (unpaired) electrons. The second-order valence-electron chi connectivity index (χ2n) is 7.07. The van der Waals surface area contributed by atoms with Crippen LogP contribution in [-0.2, 0) is 14.9 Å². The van der Waals surface area contributed by atoms with E-state index in [1.54, 1.807) is 0 Å². The van der Waals surface area contributed by atoms with E-state index in [1.807, 2.05) is 36.9 Å². The number of anilines is 1. The highest BCUT2D eigenvalue weighted by Crippen LogP contribution is 2.44. The van der Waals surface area contributed by atoms with E-state index in [-0.39, 0.29) is 17.4 Å². The van der Waals surface area contributed by atoms with Crippen LogP contribution in [-0.4, -0.2) is 42.0 Å². The summed E-state index contributed by atoms with van der Waals surface area (Å²) in [5.74, 6) is 0.0275. The minimum atomic E-state index is -0.534. The van der Waals surface area contributed by atoms with E-state index < -0.39 is 5.41 Å². The molecule has 1 aliphatic carbocycles. The number of carbonyl (C=O) groups excluding carboxylic acids is 2. The molecule has 1 saturated heterocycles. The third-order valence-corrected chi connectivity index (χ3v) is 5.23. The zero-order valence-corrected chi connectivity index (χ0v) is 12.9. The minimum absolute atomic E-state index is 0.0165. The lowest BCUT2D eigenvalue weighted by Gasteiger charge is -2.36. The fraction of sp³-hybridized carbons (Fsp3) is 0.529. The summed E-state index contributed by atoms with van der Waals surface area (Å²) in [6.07, 6.45) is 2.04. The van der Waals surface area contributed by atoms with Crippen molar-refractivity contribution in [1.29, 1.82) is 0 Å². The standard InChI is InChI=1S/C17H20N2O3/c1-16(2)12-4-3-11(9-13(12)18-15(16)21)14(20)19-7-8-22-10-17(19)5-6-17/h3-4,9H,5-8,10H2,1-2H3,(H,18,21). The normalized spacial score (nSPS) is 24.1. The van der Waals surface area contributed by atoms with E-state index in [2.05, 4.69) is 5.32 Å². The molecule has 22 heavy (non-hydrogen) atoms. The number of ether oxygens (including phenoxy) is 1. The SMILES string of the molecule is CC1(C)C(=O)Nc2cc(C(=O)N3CCOCC34CC4)ccc21. The third kappa shape index (κ3) is 1.81. The highest BCUT2D eigenvalue weighted by molar-refractivity contribution is 6.07. The summed E-state index contributed by atoms with van der Waals surface area (Å²) < 4.78 is 5.53. The topological polar surface area (TPSA) is 58.6 Å². The van der Waals surface area contributed by atoms with Crippen molar-refractivity contribution in [2.45, 2.75) is 37.6 Å². The number of hydrogen-bond donors (Lipinski definition) is 1. The molecule has 2 fully saturated rings. The molecule has 5 heteroatoms. The van der Waals surface area contributed by atoms with Crippen molar-refractivity contribution in [1.82, 2.24) is 4.90 Å². The van der Waals surface area contributed by atoms with Gasteiger partial charge < -0.3 is 15.0 Å². The van der Waals surface area contributed by atoms with E-state index >= 15 is 0 Å². The van der Waals surface area contributed by atoms with E-state index in [0.717, 1.165) is 24.1 Å². The molecule has 3 aliphatic rings. The van der Waals surface area contributed by atoms with E-state index in [9.17, 15) is 9.59 Å². The van der Waals surface area contributed by atoms with E-state index in [4.69, 9.17) is 4.74 Å². The zero-order valence-electron chi connectivity index (χ0n) is 12.9. The maximum absolute atomic E-state index is 12.9. The first-order chi connectivity index (χ1) is 10.4. The Kier molecular flexibility index (Phi) is 2.70. The average Bonchev–Trinajstić information content (AvgIpc) is 3.21. The van der Waals surface area contributed by atoms with Crippen LogP contribution in [0.15, 0.2) is 18.2 Å². The van der Waals surface area contributed by atoms with Gasteiger partial charge in [0.2, 0.25) is 5.91 Å². The maximum Gasteiger partial charge on any atom is 0.254 e. The Morgan fingerprint density at radius 2 is 2.09 bits per heavy atom. The number of carbonyl (C=O) groups is 2. The van der Waals surface area contributed by atoms with Crippen LogP contribution in [0.25, 0.3) is 0 Å². The molecule has 0 atom stereocenters. The molecule has 0 bridgehead atoms. The number of nitrogens with one attached hydrogen (secondary N) is 1. The van der Waals surface area contributed by atoms with Crippen molar-refractivity contribution in [2.24, 2.45) is 0 Å². The Hall–Kier alpha value is -1.88. The summed E-state index contributed by atoms with van der Waals surface area (Å²) >= 11 is 0. The largest absolute Gasteiger partial charge is 0.377 e. The molecule has 2 heterocycles. The van der Waals surface area contributed by atoms with Crippen molar-refractivity contribution in [3.05, 3.63) is 29.3 Å². The number of rotatable bonds is 1. The lowest BCUT2D eigenvalue weighted by molar-refractivity contribution is -0.119. The second-order valence-corrected chi connectivity index (χ2v) is 7.07. The van der Waals surface area contributed by atoms with Crippen LogP contribution in [0.3, 0.4) is 0 Å². The molecule has 0 unspecified atom stereocenters. The smallest absolute Gasteiger partial charge is 0.254 e. The van der Waals surface area contributed by atoms with E-state index in [1.165, 1.54) is 0 Å². The minimum Gasteiger partial charge on any atom is -0.377 e. The lowest BCUT2D eigenvalue weighted by atomic mass is 9.86. The van der Waals surface area contributed by atoms with Gasteiger partial charge in [-0.1, -0.05) is 6.07 Å². The Morgan fingerprint density at radius 3 is 2.82 bits per heavy atom.